The monoisotopic (exact) mass is 340 g/mol. The highest BCUT2D eigenvalue weighted by atomic mass is 35.5. The molecule has 0 aliphatic heterocycles. The van der Waals surface area contributed by atoms with Crippen LogP contribution in [0.1, 0.15) is 51.0 Å². The third-order valence-corrected chi connectivity index (χ3v) is 4.92. The lowest BCUT2D eigenvalue weighted by Gasteiger charge is -2.36. The predicted molar refractivity (Wildman–Crippen MR) is 86.9 cm³/mol. The normalized spacial score (nSPS) is 24.3. The van der Waals surface area contributed by atoms with Crippen molar-refractivity contribution in [1.29, 1.82) is 0 Å². The molecule has 1 fully saturated rings. The number of carbonyl (C=O) groups is 2. The van der Waals surface area contributed by atoms with Crippen molar-refractivity contribution in [3.63, 3.8) is 0 Å². The molecule has 3 atom stereocenters. The summed E-state index contributed by atoms with van der Waals surface area (Å²) in [4.78, 5) is 24.3. The Labute approximate surface area is 141 Å². The molecular weight excluding hydrogens is 319 g/mol. The maximum absolute atomic E-state index is 14.3. The van der Waals surface area contributed by atoms with E-state index in [4.69, 9.17) is 16.3 Å². The fourth-order valence-corrected chi connectivity index (χ4v) is 3.92. The molecule has 1 aromatic rings. The summed E-state index contributed by atoms with van der Waals surface area (Å²) in [6.07, 6.45) is 2.25. The third kappa shape index (κ3) is 4.11. The fraction of sp³-hybridized carbons (Fsp3) is 0.556. The number of hydrogen-bond acceptors (Lipinski definition) is 3. The van der Waals surface area contributed by atoms with Gasteiger partial charge in [-0.2, -0.15) is 0 Å². The Kier molecular flexibility index (Phi) is 6.17. The Morgan fingerprint density at radius 3 is 2.74 bits per heavy atom. The van der Waals surface area contributed by atoms with E-state index in [0.717, 1.165) is 12.8 Å². The smallest absolute Gasteiger partial charge is 0.313 e. The Morgan fingerprint density at radius 1 is 1.35 bits per heavy atom. The van der Waals surface area contributed by atoms with Crippen LogP contribution in [0.15, 0.2) is 18.2 Å². The van der Waals surface area contributed by atoms with Gasteiger partial charge in [-0.05, 0) is 43.7 Å². The predicted octanol–water partition coefficient (Wildman–Crippen LogP) is 4.52. The maximum Gasteiger partial charge on any atom is 0.313 e. The molecule has 5 heteroatoms. The maximum atomic E-state index is 14.3. The highest BCUT2D eigenvalue weighted by Crippen LogP contribution is 2.45. The minimum absolute atomic E-state index is 0.0892. The van der Waals surface area contributed by atoms with Crippen molar-refractivity contribution in [2.75, 3.05) is 6.61 Å². The molecule has 0 saturated heterocycles. The van der Waals surface area contributed by atoms with E-state index in [9.17, 15) is 14.0 Å². The first-order valence-electron chi connectivity index (χ1n) is 8.08. The lowest BCUT2D eigenvalue weighted by molar-refractivity contribution is -0.147. The van der Waals surface area contributed by atoms with E-state index in [-0.39, 0.29) is 36.5 Å². The zero-order valence-corrected chi connectivity index (χ0v) is 14.2. The van der Waals surface area contributed by atoms with Crippen molar-refractivity contribution in [2.45, 2.75) is 45.4 Å². The Hall–Kier alpha value is -1.42. The largest absolute Gasteiger partial charge is 0.466 e. The second-order valence-corrected chi connectivity index (χ2v) is 6.53. The highest BCUT2D eigenvalue weighted by molar-refractivity contribution is 6.31. The number of ether oxygens (including phenoxy) is 1. The second kappa shape index (κ2) is 7.91. The zero-order valence-electron chi connectivity index (χ0n) is 13.5. The molecule has 0 spiro atoms. The van der Waals surface area contributed by atoms with Gasteiger partial charge >= 0.3 is 5.97 Å². The van der Waals surface area contributed by atoms with Crippen molar-refractivity contribution in [3.8, 4) is 0 Å². The van der Waals surface area contributed by atoms with Crippen LogP contribution in [0.5, 0.6) is 0 Å². The first kappa shape index (κ1) is 17.9. The summed E-state index contributed by atoms with van der Waals surface area (Å²) < 4.78 is 19.2. The van der Waals surface area contributed by atoms with Crippen LogP contribution in [0.2, 0.25) is 5.02 Å². The van der Waals surface area contributed by atoms with Crippen LogP contribution in [-0.2, 0) is 14.3 Å². The standard InChI is InChI=1S/C18H22ClFO3/c1-3-23-16(22)10-15(21)17-11(2)6-4-7-12(17)18-13(19)8-5-9-14(18)20/h5,8-9,11-12,17H,3-4,6-7,10H2,1-2H3. The molecule has 0 heterocycles. The molecule has 0 aromatic heterocycles. The number of Topliss-reactive ketones (excluding diaryl/α,β-unsaturated/α-hetero) is 1. The molecule has 1 aliphatic rings. The van der Waals surface area contributed by atoms with Crippen molar-refractivity contribution in [1.82, 2.24) is 0 Å². The van der Waals surface area contributed by atoms with Gasteiger partial charge in [0.2, 0.25) is 0 Å². The number of ketones is 1. The van der Waals surface area contributed by atoms with E-state index in [1.54, 1.807) is 19.1 Å². The van der Waals surface area contributed by atoms with Gasteiger partial charge < -0.3 is 4.74 Å². The number of hydrogen-bond donors (Lipinski definition) is 0. The number of rotatable bonds is 5. The molecule has 0 amide bonds. The van der Waals surface area contributed by atoms with Crippen molar-refractivity contribution in [2.24, 2.45) is 11.8 Å². The van der Waals surface area contributed by atoms with Crippen molar-refractivity contribution in [3.05, 3.63) is 34.6 Å². The second-order valence-electron chi connectivity index (χ2n) is 6.12. The Balaban J connectivity index is 2.29. The molecule has 1 saturated carbocycles. The van der Waals surface area contributed by atoms with Gasteiger partial charge in [-0.1, -0.05) is 31.0 Å². The van der Waals surface area contributed by atoms with E-state index >= 15 is 0 Å². The van der Waals surface area contributed by atoms with Gasteiger partial charge in [0.05, 0.1) is 6.61 Å². The average Bonchev–Trinajstić information content (AvgIpc) is 2.47. The SMILES string of the molecule is CCOC(=O)CC(=O)C1C(C)CCCC1c1c(F)cccc1Cl. The number of halogens is 2. The molecule has 0 N–H and O–H groups in total. The number of carbonyl (C=O) groups excluding carboxylic acids is 2. The average molecular weight is 341 g/mol. The van der Waals surface area contributed by atoms with Crippen LogP contribution >= 0.6 is 11.6 Å². The van der Waals surface area contributed by atoms with E-state index < -0.39 is 11.9 Å². The van der Waals surface area contributed by atoms with Gasteiger partial charge in [0.15, 0.2) is 0 Å². The van der Waals surface area contributed by atoms with E-state index in [1.165, 1.54) is 6.07 Å². The lowest BCUT2D eigenvalue weighted by Crippen LogP contribution is -2.34. The van der Waals surface area contributed by atoms with Crippen LogP contribution in [0.4, 0.5) is 4.39 Å². The molecule has 3 unspecified atom stereocenters. The molecule has 0 radical (unpaired) electrons. The Bertz CT molecular complexity index is 567. The van der Waals surface area contributed by atoms with E-state index in [0.29, 0.717) is 17.0 Å². The van der Waals surface area contributed by atoms with E-state index in [1.807, 2.05) is 6.92 Å². The van der Waals surface area contributed by atoms with Crippen molar-refractivity contribution >= 4 is 23.4 Å². The van der Waals surface area contributed by atoms with Crippen LogP contribution in [0.3, 0.4) is 0 Å². The summed E-state index contributed by atoms with van der Waals surface area (Å²) >= 11 is 6.19. The molecule has 2 rings (SSSR count). The molecule has 1 aliphatic carbocycles. The first-order valence-corrected chi connectivity index (χ1v) is 8.45. The summed E-state index contributed by atoms with van der Waals surface area (Å²) in [5.74, 6) is -1.68. The summed E-state index contributed by atoms with van der Waals surface area (Å²) in [6, 6.07) is 4.57. The molecular formula is C18H22ClFO3. The summed E-state index contributed by atoms with van der Waals surface area (Å²) in [5, 5.41) is 0.345. The Morgan fingerprint density at radius 2 is 2.09 bits per heavy atom. The quantitative estimate of drug-likeness (QED) is 0.584. The summed E-state index contributed by atoms with van der Waals surface area (Å²) in [7, 11) is 0. The van der Waals surface area contributed by atoms with Gasteiger partial charge in [0.1, 0.15) is 18.0 Å². The van der Waals surface area contributed by atoms with Crippen LogP contribution < -0.4 is 0 Å². The van der Waals surface area contributed by atoms with Crippen LogP contribution in [0, 0.1) is 17.7 Å². The molecule has 126 valence electrons. The van der Waals surface area contributed by atoms with Gasteiger partial charge in [-0.25, -0.2) is 4.39 Å². The number of esters is 1. The number of benzene rings is 1. The first-order chi connectivity index (χ1) is 11.0. The lowest BCUT2D eigenvalue weighted by atomic mass is 9.67. The summed E-state index contributed by atoms with van der Waals surface area (Å²) in [5.41, 5.74) is 0.405. The molecule has 3 nitrogen and oxygen atoms in total. The molecule has 1 aromatic carbocycles. The zero-order chi connectivity index (χ0) is 17.0. The van der Waals surface area contributed by atoms with Gasteiger partial charge in [-0.15, -0.1) is 0 Å². The summed E-state index contributed by atoms with van der Waals surface area (Å²) in [6.45, 7) is 3.93. The van der Waals surface area contributed by atoms with Gasteiger partial charge in [-0.3, -0.25) is 9.59 Å². The van der Waals surface area contributed by atoms with Gasteiger partial charge in [0, 0.05) is 16.5 Å². The fourth-order valence-electron chi connectivity index (χ4n) is 3.62. The van der Waals surface area contributed by atoms with Crippen molar-refractivity contribution < 1.29 is 18.7 Å². The van der Waals surface area contributed by atoms with Gasteiger partial charge in [0.25, 0.3) is 0 Å². The van der Waals surface area contributed by atoms with E-state index in [2.05, 4.69) is 0 Å². The highest BCUT2D eigenvalue weighted by Gasteiger charge is 2.39. The van der Waals surface area contributed by atoms with Crippen LogP contribution in [-0.4, -0.2) is 18.4 Å². The topological polar surface area (TPSA) is 43.4 Å². The third-order valence-electron chi connectivity index (χ3n) is 4.59. The minimum atomic E-state index is -0.520. The molecule has 23 heavy (non-hydrogen) atoms. The van der Waals surface area contributed by atoms with Crippen LogP contribution in [0.25, 0.3) is 0 Å². The minimum Gasteiger partial charge on any atom is -0.466 e. The molecule has 0 bridgehead atoms.